The molecule has 4 aromatic rings. The summed E-state index contributed by atoms with van der Waals surface area (Å²) in [6.45, 7) is 5.86. The van der Waals surface area contributed by atoms with Crippen LogP contribution in [0.4, 0.5) is 10.1 Å². The monoisotopic (exact) mass is 430 g/mol. The van der Waals surface area contributed by atoms with Crippen LogP contribution in [0.3, 0.4) is 0 Å². The first kappa shape index (κ1) is 21.2. The first-order chi connectivity index (χ1) is 15.5. The molecular formula is C25H23FN4O2. The number of carbonyl (C=O) groups is 1. The molecule has 0 saturated heterocycles. The second-order valence-electron chi connectivity index (χ2n) is 7.26. The summed E-state index contributed by atoms with van der Waals surface area (Å²) >= 11 is 0. The number of fused-ring (bicyclic) bond motifs is 1. The molecule has 32 heavy (non-hydrogen) atoms. The number of benzene rings is 3. The molecule has 0 unspecified atom stereocenters. The van der Waals surface area contributed by atoms with Gasteiger partial charge in [0.05, 0.1) is 10.9 Å². The van der Waals surface area contributed by atoms with Crippen molar-refractivity contribution in [3.05, 3.63) is 94.5 Å². The van der Waals surface area contributed by atoms with Gasteiger partial charge < -0.3 is 4.90 Å². The van der Waals surface area contributed by atoms with E-state index in [9.17, 15) is 14.0 Å². The predicted octanol–water partition coefficient (Wildman–Crippen LogP) is 4.43. The molecule has 1 N–H and O–H groups in total. The summed E-state index contributed by atoms with van der Waals surface area (Å²) in [7, 11) is 0. The number of amides is 1. The minimum atomic E-state index is -0.446. The Balaban J connectivity index is 1.75. The van der Waals surface area contributed by atoms with E-state index in [0.29, 0.717) is 22.0 Å². The van der Waals surface area contributed by atoms with Crippen LogP contribution in [-0.2, 0) is 0 Å². The molecule has 0 aliphatic carbocycles. The Labute approximate surface area is 184 Å². The van der Waals surface area contributed by atoms with E-state index in [1.807, 2.05) is 12.1 Å². The Morgan fingerprint density at radius 3 is 2.28 bits per heavy atom. The molecule has 162 valence electrons. The summed E-state index contributed by atoms with van der Waals surface area (Å²) in [5.74, 6) is -0.624. The topological polar surface area (TPSA) is 67.2 Å². The zero-order chi connectivity index (χ0) is 22.7. The van der Waals surface area contributed by atoms with Crippen molar-refractivity contribution < 1.29 is 9.18 Å². The van der Waals surface area contributed by atoms with Crippen LogP contribution >= 0.6 is 0 Å². The molecule has 6 nitrogen and oxygen atoms in total. The normalized spacial score (nSPS) is 10.8. The maximum Gasteiger partial charge on any atom is 0.280 e. The van der Waals surface area contributed by atoms with Crippen LogP contribution in [0, 0.1) is 5.82 Å². The second-order valence-corrected chi connectivity index (χ2v) is 7.26. The fourth-order valence-corrected chi connectivity index (χ4v) is 3.61. The van der Waals surface area contributed by atoms with Crippen LogP contribution in [0.1, 0.15) is 24.2 Å². The number of anilines is 1. The maximum atomic E-state index is 13.4. The van der Waals surface area contributed by atoms with E-state index in [2.05, 4.69) is 29.2 Å². The number of nitrogens with zero attached hydrogens (tertiary/aromatic N) is 3. The van der Waals surface area contributed by atoms with Crippen molar-refractivity contribution in [2.24, 2.45) is 0 Å². The minimum absolute atomic E-state index is 0.224. The molecule has 1 amide bonds. The van der Waals surface area contributed by atoms with Crippen molar-refractivity contribution in [2.45, 2.75) is 13.8 Å². The van der Waals surface area contributed by atoms with E-state index < -0.39 is 17.3 Å². The standard InChI is InChI=1S/C25H23FN4O2/c1-3-29(4-2)20-15-11-18(12-16-20)24(31)28-30-23(17-9-13-19(26)14-10-17)27-22-8-6-5-7-21(22)25(30)32/h5-16H,3-4H2,1-2H3,(H,28,31). The van der Waals surface area contributed by atoms with E-state index in [-0.39, 0.29) is 5.82 Å². The van der Waals surface area contributed by atoms with Crippen molar-refractivity contribution in [3.8, 4) is 11.4 Å². The molecule has 0 radical (unpaired) electrons. The Bertz CT molecular complexity index is 1310. The lowest BCUT2D eigenvalue weighted by atomic mass is 10.1. The van der Waals surface area contributed by atoms with Gasteiger partial charge in [-0.25, -0.2) is 9.37 Å². The Hall–Kier alpha value is -4.00. The SMILES string of the molecule is CCN(CC)c1ccc(C(=O)Nn2c(-c3ccc(F)cc3)nc3ccccc3c2=O)cc1. The second kappa shape index (κ2) is 9.01. The average molecular weight is 430 g/mol. The quantitative estimate of drug-likeness (QED) is 0.491. The molecule has 0 spiro atoms. The molecule has 0 aliphatic rings. The van der Waals surface area contributed by atoms with Gasteiger partial charge in [0.25, 0.3) is 11.5 Å². The van der Waals surface area contributed by atoms with Crippen molar-refractivity contribution in [3.63, 3.8) is 0 Å². The molecule has 4 rings (SSSR count). The van der Waals surface area contributed by atoms with Gasteiger partial charge in [-0.15, -0.1) is 0 Å². The molecule has 0 fully saturated rings. The zero-order valence-corrected chi connectivity index (χ0v) is 17.9. The fraction of sp³-hybridized carbons (Fsp3) is 0.160. The smallest absolute Gasteiger partial charge is 0.280 e. The number of hydrogen-bond donors (Lipinski definition) is 1. The van der Waals surface area contributed by atoms with Crippen molar-refractivity contribution in [1.82, 2.24) is 9.66 Å². The van der Waals surface area contributed by atoms with Gasteiger partial charge in [0, 0.05) is 29.9 Å². The van der Waals surface area contributed by atoms with Crippen LogP contribution in [0.2, 0.25) is 0 Å². The van der Waals surface area contributed by atoms with Crippen LogP contribution in [0.5, 0.6) is 0 Å². The van der Waals surface area contributed by atoms with E-state index in [1.54, 1.807) is 36.4 Å². The zero-order valence-electron chi connectivity index (χ0n) is 17.9. The summed E-state index contributed by atoms with van der Waals surface area (Å²) in [5.41, 5.74) is 4.68. The predicted molar refractivity (Wildman–Crippen MR) is 125 cm³/mol. The maximum absolute atomic E-state index is 13.4. The van der Waals surface area contributed by atoms with Gasteiger partial charge in [-0.1, -0.05) is 12.1 Å². The van der Waals surface area contributed by atoms with Gasteiger partial charge >= 0.3 is 0 Å². The van der Waals surface area contributed by atoms with Crippen molar-refractivity contribution in [1.29, 1.82) is 0 Å². The molecule has 1 heterocycles. The Morgan fingerprint density at radius 2 is 1.62 bits per heavy atom. The summed E-state index contributed by atoms with van der Waals surface area (Å²) in [5, 5.41) is 0.371. The van der Waals surface area contributed by atoms with Gasteiger partial charge in [-0.2, -0.15) is 4.68 Å². The highest BCUT2D eigenvalue weighted by atomic mass is 19.1. The van der Waals surface area contributed by atoms with Gasteiger partial charge in [0.2, 0.25) is 0 Å². The van der Waals surface area contributed by atoms with Crippen LogP contribution in [-0.4, -0.2) is 28.7 Å². The summed E-state index contributed by atoms with van der Waals surface area (Å²) < 4.78 is 14.6. The van der Waals surface area contributed by atoms with Gasteiger partial charge in [0.1, 0.15) is 5.82 Å². The van der Waals surface area contributed by atoms with Gasteiger partial charge in [0.15, 0.2) is 5.82 Å². The first-order valence-electron chi connectivity index (χ1n) is 10.5. The number of rotatable bonds is 6. The molecular weight excluding hydrogens is 407 g/mol. The first-order valence-corrected chi connectivity index (χ1v) is 10.5. The summed E-state index contributed by atoms with van der Waals surface area (Å²) in [4.78, 5) is 32.9. The van der Waals surface area contributed by atoms with Gasteiger partial charge in [-0.3, -0.25) is 15.0 Å². The molecule has 0 bridgehead atoms. The van der Waals surface area contributed by atoms with Crippen LogP contribution in [0.15, 0.2) is 77.6 Å². The van der Waals surface area contributed by atoms with E-state index in [1.165, 1.54) is 24.3 Å². The number of aromatic nitrogens is 2. The molecule has 0 aliphatic heterocycles. The molecule has 1 aromatic heterocycles. The number of para-hydroxylation sites is 1. The highest BCUT2D eigenvalue weighted by molar-refractivity contribution is 6.00. The third-order valence-electron chi connectivity index (χ3n) is 5.35. The van der Waals surface area contributed by atoms with E-state index in [4.69, 9.17) is 0 Å². The third-order valence-corrected chi connectivity index (χ3v) is 5.35. The van der Waals surface area contributed by atoms with Gasteiger partial charge in [-0.05, 0) is 74.5 Å². The molecule has 0 saturated carbocycles. The number of halogens is 1. The molecule has 3 aromatic carbocycles. The lowest BCUT2D eigenvalue weighted by Crippen LogP contribution is -2.35. The lowest BCUT2D eigenvalue weighted by molar-refractivity contribution is 0.101. The van der Waals surface area contributed by atoms with Crippen LogP contribution in [0.25, 0.3) is 22.3 Å². The third kappa shape index (κ3) is 4.09. The van der Waals surface area contributed by atoms with E-state index >= 15 is 0 Å². The largest absolute Gasteiger partial charge is 0.372 e. The highest BCUT2D eigenvalue weighted by Crippen LogP contribution is 2.19. The van der Waals surface area contributed by atoms with Crippen molar-refractivity contribution in [2.75, 3.05) is 23.4 Å². The number of hydrogen-bond acceptors (Lipinski definition) is 4. The molecule has 0 atom stereocenters. The van der Waals surface area contributed by atoms with Crippen molar-refractivity contribution >= 4 is 22.5 Å². The lowest BCUT2D eigenvalue weighted by Gasteiger charge is -2.21. The number of carbonyl (C=O) groups excluding carboxylic acids is 1. The number of nitrogens with one attached hydrogen (secondary N) is 1. The average Bonchev–Trinajstić information content (AvgIpc) is 2.82. The Morgan fingerprint density at radius 1 is 0.969 bits per heavy atom. The molecule has 7 heteroatoms. The van der Waals surface area contributed by atoms with Crippen LogP contribution < -0.4 is 15.9 Å². The minimum Gasteiger partial charge on any atom is -0.372 e. The highest BCUT2D eigenvalue weighted by Gasteiger charge is 2.16. The summed E-state index contributed by atoms with van der Waals surface area (Å²) in [6, 6.07) is 19.7. The Kier molecular flexibility index (Phi) is 5.98. The fourth-order valence-electron chi connectivity index (χ4n) is 3.61. The van der Waals surface area contributed by atoms with E-state index in [0.717, 1.165) is 23.5 Å². The summed E-state index contributed by atoms with van der Waals surface area (Å²) in [6.07, 6.45) is 0.